The van der Waals surface area contributed by atoms with Gasteiger partial charge in [0.2, 0.25) is 0 Å². The van der Waals surface area contributed by atoms with Crippen LogP contribution in [-0.4, -0.2) is 37.0 Å². The predicted molar refractivity (Wildman–Crippen MR) is 85.6 cm³/mol. The molecular formula is C18H17F3N2O. The van der Waals surface area contributed by atoms with Crippen LogP contribution in [-0.2, 0) is 0 Å². The summed E-state index contributed by atoms with van der Waals surface area (Å²) in [5, 5.41) is 0. The Morgan fingerprint density at radius 2 is 1.67 bits per heavy atom. The number of hydrogen-bond donors (Lipinski definition) is 0. The Kier molecular flexibility index (Phi) is 4.46. The monoisotopic (exact) mass is 334 g/mol. The smallest absolute Gasteiger partial charge is 0.257 e. The fourth-order valence-electron chi connectivity index (χ4n) is 2.85. The van der Waals surface area contributed by atoms with Crippen molar-refractivity contribution >= 4 is 11.6 Å². The average Bonchev–Trinajstić information content (AvgIpc) is 2.59. The van der Waals surface area contributed by atoms with E-state index in [1.165, 1.54) is 4.90 Å². The molecule has 6 heteroatoms. The molecule has 0 spiro atoms. The van der Waals surface area contributed by atoms with E-state index in [1.54, 1.807) is 0 Å². The van der Waals surface area contributed by atoms with Gasteiger partial charge in [0.05, 0.1) is 5.56 Å². The third-order valence-electron chi connectivity index (χ3n) is 4.20. The van der Waals surface area contributed by atoms with Gasteiger partial charge in [0.1, 0.15) is 0 Å². The van der Waals surface area contributed by atoms with Crippen molar-refractivity contribution in [2.75, 3.05) is 31.1 Å². The number of benzene rings is 2. The van der Waals surface area contributed by atoms with Gasteiger partial charge in [0.15, 0.2) is 17.5 Å². The third-order valence-corrected chi connectivity index (χ3v) is 4.20. The van der Waals surface area contributed by atoms with E-state index < -0.39 is 28.9 Å². The van der Waals surface area contributed by atoms with Crippen LogP contribution in [0.15, 0.2) is 36.4 Å². The van der Waals surface area contributed by atoms with Crippen LogP contribution in [0.2, 0.25) is 0 Å². The minimum Gasteiger partial charge on any atom is -0.368 e. The van der Waals surface area contributed by atoms with Gasteiger partial charge in [-0.2, -0.15) is 0 Å². The van der Waals surface area contributed by atoms with Crippen molar-refractivity contribution in [2.24, 2.45) is 0 Å². The summed E-state index contributed by atoms with van der Waals surface area (Å²) < 4.78 is 40.1. The van der Waals surface area contributed by atoms with Crippen molar-refractivity contribution in [1.82, 2.24) is 4.90 Å². The Morgan fingerprint density at radius 3 is 2.33 bits per heavy atom. The average molecular weight is 334 g/mol. The summed E-state index contributed by atoms with van der Waals surface area (Å²) in [6.45, 7) is 3.99. The fraction of sp³-hybridized carbons (Fsp3) is 0.278. The summed E-state index contributed by atoms with van der Waals surface area (Å²) in [6, 6.07) is 9.80. The maximum absolute atomic E-state index is 13.8. The van der Waals surface area contributed by atoms with Gasteiger partial charge in [-0.05, 0) is 36.8 Å². The second-order valence-electron chi connectivity index (χ2n) is 5.84. The molecule has 2 aromatic rings. The minimum atomic E-state index is -1.61. The lowest BCUT2D eigenvalue weighted by molar-refractivity contribution is 0.0740. The molecule has 0 radical (unpaired) electrons. The molecule has 0 saturated carbocycles. The lowest BCUT2D eigenvalue weighted by atomic mass is 10.1. The van der Waals surface area contributed by atoms with Gasteiger partial charge in [-0.1, -0.05) is 12.1 Å². The molecule has 0 atom stereocenters. The molecule has 2 aromatic carbocycles. The summed E-state index contributed by atoms with van der Waals surface area (Å²) in [5.74, 6) is -4.95. The number of halogens is 3. The first-order chi connectivity index (χ1) is 11.5. The van der Waals surface area contributed by atoms with E-state index in [-0.39, 0.29) is 0 Å². The lowest BCUT2D eigenvalue weighted by Crippen LogP contribution is -2.49. The zero-order valence-electron chi connectivity index (χ0n) is 13.2. The van der Waals surface area contributed by atoms with Crippen LogP contribution in [0.1, 0.15) is 15.9 Å². The molecule has 1 heterocycles. The molecule has 0 bridgehead atoms. The molecule has 3 nitrogen and oxygen atoms in total. The first-order valence-corrected chi connectivity index (χ1v) is 7.72. The van der Waals surface area contributed by atoms with Crippen molar-refractivity contribution in [3.63, 3.8) is 0 Å². The van der Waals surface area contributed by atoms with Crippen molar-refractivity contribution in [1.29, 1.82) is 0 Å². The molecule has 1 aliphatic heterocycles. The van der Waals surface area contributed by atoms with Crippen molar-refractivity contribution < 1.29 is 18.0 Å². The van der Waals surface area contributed by atoms with E-state index >= 15 is 0 Å². The van der Waals surface area contributed by atoms with E-state index in [0.29, 0.717) is 26.2 Å². The molecule has 1 saturated heterocycles. The summed E-state index contributed by atoms with van der Waals surface area (Å²) in [6.07, 6.45) is 0. The normalized spacial score (nSPS) is 14.8. The van der Waals surface area contributed by atoms with Crippen molar-refractivity contribution in [3.8, 4) is 0 Å². The number of hydrogen-bond acceptors (Lipinski definition) is 2. The molecule has 24 heavy (non-hydrogen) atoms. The number of rotatable bonds is 2. The molecule has 1 amide bonds. The Morgan fingerprint density at radius 1 is 0.958 bits per heavy atom. The first-order valence-electron chi connectivity index (χ1n) is 7.72. The minimum absolute atomic E-state index is 0.394. The Balaban J connectivity index is 1.71. The SMILES string of the molecule is Cc1cccc(N2CCN(C(=O)c3ccc(F)c(F)c3F)CC2)c1. The van der Waals surface area contributed by atoms with Gasteiger partial charge < -0.3 is 9.80 Å². The highest BCUT2D eigenvalue weighted by molar-refractivity contribution is 5.94. The van der Waals surface area contributed by atoms with Crippen LogP contribution < -0.4 is 4.90 Å². The van der Waals surface area contributed by atoms with Gasteiger partial charge in [-0.25, -0.2) is 13.2 Å². The Labute approximate surface area is 138 Å². The molecular weight excluding hydrogens is 317 g/mol. The zero-order valence-corrected chi connectivity index (χ0v) is 13.2. The molecule has 3 rings (SSSR count). The van der Waals surface area contributed by atoms with E-state index in [2.05, 4.69) is 11.0 Å². The summed E-state index contributed by atoms with van der Waals surface area (Å²) in [4.78, 5) is 16.0. The van der Waals surface area contributed by atoms with Gasteiger partial charge in [-0.3, -0.25) is 4.79 Å². The highest BCUT2D eigenvalue weighted by Gasteiger charge is 2.26. The van der Waals surface area contributed by atoms with E-state index in [1.807, 2.05) is 25.1 Å². The molecule has 1 fully saturated rings. The van der Waals surface area contributed by atoms with Crippen LogP contribution in [0, 0.1) is 24.4 Å². The topological polar surface area (TPSA) is 23.6 Å². The number of carbonyl (C=O) groups excluding carboxylic acids is 1. The third kappa shape index (κ3) is 3.09. The number of carbonyl (C=O) groups is 1. The molecule has 0 aliphatic carbocycles. The zero-order chi connectivity index (χ0) is 17.3. The van der Waals surface area contributed by atoms with E-state index in [9.17, 15) is 18.0 Å². The van der Waals surface area contributed by atoms with E-state index in [4.69, 9.17) is 0 Å². The highest BCUT2D eigenvalue weighted by atomic mass is 19.2. The predicted octanol–water partition coefficient (Wildman–Crippen LogP) is 3.37. The second kappa shape index (κ2) is 6.55. The molecule has 1 aliphatic rings. The highest BCUT2D eigenvalue weighted by Crippen LogP contribution is 2.20. The summed E-state index contributed by atoms with van der Waals surface area (Å²) in [7, 11) is 0. The first kappa shape index (κ1) is 16.4. The second-order valence-corrected chi connectivity index (χ2v) is 5.84. The fourth-order valence-corrected chi connectivity index (χ4v) is 2.85. The summed E-state index contributed by atoms with van der Waals surface area (Å²) >= 11 is 0. The van der Waals surface area contributed by atoms with Gasteiger partial charge in [0.25, 0.3) is 5.91 Å². The summed E-state index contributed by atoms with van der Waals surface area (Å²) in [5.41, 5.74) is 1.79. The number of aryl methyl sites for hydroxylation is 1. The molecule has 0 aromatic heterocycles. The quantitative estimate of drug-likeness (QED) is 0.786. The van der Waals surface area contributed by atoms with Gasteiger partial charge in [-0.15, -0.1) is 0 Å². The number of nitrogens with zero attached hydrogens (tertiary/aromatic N) is 2. The number of amides is 1. The molecule has 126 valence electrons. The van der Waals surface area contributed by atoms with Crippen LogP contribution in [0.5, 0.6) is 0 Å². The molecule has 0 N–H and O–H groups in total. The lowest BCUT2D eigenvalue weighted by Gasteiger charge is -2.36. The van der Waals surface area contributed by atoms with E-state index in [0.717, 1.165) is 23.4 Å². The van der Waals surface area contributed by atoms with Crippen LogP contribution in [0.25, 0.3) is 0 Å². The van der Waals surface area contributed by atoms with Crippen molar-refractivity contribution in [3.05, 3.63) is 65.0 Å². The molecule has 0 unspecified atom stereocenters. The Hall–Kier alpha value is -2.50. The van der Waals surface area contributed by atoms with Gasteiger partial charge in [0, 0.05) is 31.9 Å². The van der Waals surface area contributed by atoms with Crippen LogP contribution in [0.3, 0.4) is 0 Å². The van der Waals surface area contributed by atoms with Gasteiger partial charge >= 0.3 is 0 Å². The number of anilines is 1. The van der Waals surface area contributed by atoms with Crippen LogP contribution in [0.4, 0.5) is 18.9 Å². The Bertz CT molecular complexity index is 771. The van der Waals surface area contributed by atoms with Crippen LogP contribution >= 0.6 is 0 Å². The van der Waals surface area contributed by atoms with Crippen molar-refractivity contribution in [2.45, 2.75) is 6.92 Å². The maximum Gasteiger partial charge on any atom is 0.257 e. The maximum atomic E-state index is 13.8. The largest absolute Gasteiger partial charge is 0.368 e. The number of piperazine rings is 1. The standard InChI is InChI=1S/C18H17F3N2O/c1-12-3-2-4-13(11-12)22-7-9-23(10-8-22)18(24)14-5-6-15(19)17(21)16(14)20/h2-6,11H,7-10H2,1H3.